The van der Waals surface area contributed by atoms with Crippen molar-refractivity contribution in [2.75, 3.05) is 56.2 Å². The van der Waals surface area contributed by atoms with Gasteiger partial charge >= 0.3 is 5.69 Å². The number of para-hydroxylation sites is 1. The molecule has 1 aliphatic carbocycles. The molecule has 0 spiro atoms. The Balaban J connectivity index is 1.21. The highest BCUT2D eigenvalue weighted by Crippen LogP contribution is 2.34. The summed E-state index contributed by atoms with van der Waals surface area (Å²) >= 11 is 0. The van der Waals surface area contributed by atoms with E-state index in [1.165, 1.54) is 4.57 Å². The van der Waals surface area contributed by atoms with Gasteiger partial charge in [-0.05, 0) is 43.0 Å². The lowest BCUT2D eigenvalue weighted by atomic mass is 9.99. The topological polar surface area (TPSA) is 130 Å². The monoisotopic (exact) mass is 584 g/mol. The van der Waals surface area contributed by atoms with E-state index in [4.69, 9.17) is 9.72 Å². The zero-order valence-corrected chi connectivity index (χ0v) is 24.3. The minimum Gasteiger partial charge on any atom is -0.384 e. The summed E-state index contributed by atoms with van der Waals surface area (Å²) in [4.78, 5) is 57.1. The maximum absolute atomic E-state index is 14.0. The number of benzene rings is 1. The molecule has 7 rings (SSSR count). The number of aromatic nitrogens is 5. The van der Waals surface area contributed by atoms with Gasteiger partial charge in [0.05, 0.1) is 19.1 Å². The largest absolute Gasteiger partial charge is 0.384 e. The quantitative estimate of drug-likeness (QED) is 0.307. The van der Waals surface area contributed by atoms with E-state index in [-0.39, 0.29) is 29.1 Å². The number of hydrogen-bond donors (Lipinski definition) is 2. The second-order valence-corrected chi connectivity index (χ2v) is 11.5. The molecular weight excluding hydrogens is 548 g/mol. The summed E-state index contributed by atoms with van der Waals surface area (Å²) < 4.78 is 8.46. The van der Waals surface area contributed by atoms with Crippen LogP contribution in [-0.2, 0) is 16.1 Å². The van der Waals surface area contributed by atoms with E-state index in [2.05, 4.69) is 20.2 Å². The number of nitrogens with one attached hydrogen (secondary N) is 2. The SMILES string of the molecule is CCCn1c(=O)n(C2CC2)c(=O)c2[nH]c(-c3ccc(N(CCN4CCOCC4)C(=O)C4CNc5ccccc54)nc3)nc21. The molecule has 1 aromatic carbocycles. The molecule has 3 aliphatic rings. The molecular formula is C31H36N8O4. The number of amides is 1. The smallest absolute Gasteiger partial charge is 0.333 e. The summed E-state index contributed by atoms with van der Waals surface area (Å²) in [6, 6.07) is 11.6. The molecule has 3 aromatic heterocycles. The third-order valence-electron chi connectivity index (χ3n) is 8.61. The van der Waals surface area contributed by atoms with Crippen molar-refractivity contribution in [2.24, 2.45) is 0 Å². The van der Waals surface area contributed by atoms with Gasteiger partial charge in [-0.25, -0.2) is 14.8 Å². The number of H-pyrrole nitrogens is 1. The molecule has 12 heteroatoms. The Hall–Kier alpha value is -4.29. The number of carbonyl (C=O) groups excluding carboxylic acids is 1. The van der Waals surface area contributed by atoms with Crippen molar-refractivity contribution < 1.29 is 9.53 Å². The van der Waals surface area contributed by atoms with E-state index in [1.54, 1.807) is 15.7 Å². The Bertz CT molecular complexity index is 1770. The van der Waals surface area contributed by atoms with Crippen molar-refractivity contribution in [1.82, 2.24) is 29.0 Å². The normalized spacial score (nSPS) is 18.5. The molecule has 5 heterocycles. The summed E-state index contributed by atoms with van der Waals surface area (Å²) in [5, 5.41) is 3.36. The van der Waals surface area contributed by atoms with Gasteiger partial charge in [0.15, 0.2) is 5.65 Å². The molecule has 1 amide bonds. The first-order valence-corrected chi connectivity index (χ1v) is 15.2. The van der Waals surface area contributed by atoms with E-state index in [1.807, 2.05) is 43.3 Å². The summed E-state index contributed by atoms with van der Waals surface area (Å²) in [5.41, 5.74) is 2.72. The highest BCUT2D eigenvalue weighted by atomic mass is 16.5. The van der Waals surface area contributed by atoms with Gasteiger partial charge in [0.1, 0.15) is 17.2 Å². The van der Waals surface area contributed by atoms with Crippen LogP contribution in [0.4, 0.5) is 11.5 Å². The standard InChI is InChI=1S/C31H36N8O4/c1-2-11-38-28-26(30(41)39(31(38)42)21-8-9-21)34-27(35-28)20-7-10-25(33-18-20)37(13-12-36-14-16-43-17-15-36)29(40)23-19-32-24-6-4-3-5-22(23)24/h3-7,10,18,21,23,32H,2,8-9,11-17,19H2,1H3,(H,34,35). The number of carbonyl (C=O) groups is 1. The van der Waals surface area contributed by atoms with Crippen LogP contribution in [-0.4, -0.2) is 80.8 Å². The van der Waals surface area contributed by atoms with Crippen LogP contribution >= 0.6 is 0 Å². The van der Waals surface area contributed by atoms with E-state index in [0.717, 1.165) is 43.6 Å². The van der Waals surface area contributed by atoms with Crippen molar-refractivity contribution in [1.29, 1.82) is 0 Å². The Labute approximate surface area is 248 Å². The molecule has 0 radical (unpaired) electrons. The molecule has 0 bridgehead atoms. The van der Waals surface area contributed by atoms with Gasteiger partial charge < -0.3 is 15.0 Å². The molecule has 2 N–H and O–H groups in total. The van der Waals surface area contributed by atoms with Gasteiger partial charge in [-0.2, -0.15) is 0 Å². The van der Waals surface area contributed by atoms with E-state index in [9.17, 15) is 14.4 Å². The van der Waals surface area contributed by atoms with Crippen molar-refractivity contribution in [3.05, 3.63) is 69.0 Å². The number of nitrogens with zero attached hydrogens (tertiary/aromatic N) is 6. The number of rotatable bonds is 9. The summed E-state index contributed by atoms with van der Waals surface area (Å²) in [5.74, 6) is 0.714. The lowest BCUT2D eigenvalue weighted by molar-refractivity contribution is -0.119. The van der Waals surface area contributed by atoms with Crippen molar-refractivity contribution >= 4 is 28.6 Å². The van der Waals surface area contributed by atoms with Crippen LogP contribution in [0.1, 0.15) is 43.7 Å². The van der Waals surface area contributed by atoms with Gasteiger partial charge in [0.25, 0.3) is 5.56 Å². The second-order valence-electron chi connectivity index (χ2n) is 11.5. The number of fused-ring (bicyclic) bond motifs is 2. The Morgan fingerprint density at radius 3 is 2.65 bits per heavy atom. The average Bonchev–Trinajstić information content (AvgIpc) is 3.61. The van der Waals surface area contributed by atoms with E-state index in [0.29, 0.717) is 67.8 Å². The molecule has 1 atom stereocenters. The lowest BCUT2D eigenvalue weighted by Crippen LogP contribution is -2.45. The number of hydrogen-bond acceptors (Lipinski definition) is 8. The van der Waals surface area contributed by atoms with Crippen molar-refractivity contribution in [3.63, 3.8) is 0 Å². The molecule has 43 heavy (non-hydrogen) atoms. The number of imidazole rings is 1. The van der Waals surface area contributed by atoms with Crippen LogP contribution in [0.5, 0.6) is 0 Å². The minimum atomic E-state index is -0.330. The number of anilines is 2. The van der Waals surface area contributed by atoms with Gasteiger partial charge in [-0.15, -0.1) is 0 Å². The molecule has 12 nitrogen and oxygen atoms in total. The predicted octanol–water partition coefficient (Wildman–Crippen LogP) is 2.57. The zero-order valence-electron chi connectivity index (χ0n) is 24.3. The number of aryl methyl sites for hydroxylation is 1. The van der Waals surface area contributed by atoms with Gasteiger partial charge in [-0.3, -0.25) is 28.5 Å². The van der Waals surface area contributed by atoms with Gasteiger partial charge in [0, 0.05) is 62.8 Å². The maximum atomic E-state index is 14.0. The highest BCUT2D eigenvalue weighted by Gasteiger charge is 2.33. The summed E-state index contributed by atoms with van der Waals surface area (Å²) in [6.45, 7) is 7.27. The fourth-order valence-corrected chi connectivity index (χ4v) is 6.13. The Kier molecular flexibility index (Phi) is 7.31. The fraction of sp³-hybridized carbons (Fsp3) is 0.452. The molecule has 2 fully saturated rings. The van der Waals surface area contributed by atoms with Crippen molar-refractivity contribution in [2.45, 2.75) is 44.7 Å². The maximum Gasteiger partial charge on any atom is 0.333 e. The number of pyridine rings is 1. The minimum absolute atomic E-state index is 0.00101. The first-order valence-electron chi connectivity index (χ1n) is 15.2. The number of ether oxygens (including phenoxy) is 1. The van der Waals surface area contributed by atoms with Crippen LogP contribution in [0.25, 0.3) is 22.6 Å². The number of morpholine rings is 1. The van der Waals surface area contributed by atoms with E-state index >= 15 is 0 Å². The van der Waals surface area contributed by atoms with Crippen LogP contribution in [0.15, 0.2) is 52.2 Å². The van der Waals surface area contributed by atoms with Gasteiger partial charge in [0.2, 0.25) is 5.91 Å². The first kappa shape index (κ1) is 27.5. The molecule has 224 valence electrons. The fourth-order valence-electron chi connectivity index (χ4n) is 6.13. The highest BCUT2D eigenvalue weighted by molar-refractivity contribution is 5.99. The molecule has 1 saturated carbocycles. The molecule has 4 aromatic rings. The Morgan fingerprint density at radius 1 is 1.09 bits per heavy atom. The average molecular weight is 585 g/mol. The van der Waals surface area contributed by atoms with Crippen LogP contribution < -0.4 is 21.5 Å². The molecule has 1 unspecified atom stereocenters. The second kappa shape index (κ2) is 11.4. The van der Waals surface area contributed by atoms with Crippen molar-refractivity contribution in [3.8, 4) is 11.4 Å². The third-order valence-corrected chi connectivity index (χ3v) is 8.61. The van der Waals surface area contributed by atoms with Crippen LogP contribution in [0.2, 0.25) is 0 Å². The van der Waals surface area contributed by atoms with E-state index < -0.39 is 0 Å². The van der Waals surface area contributed by atoms with Crippen LogP contribution in [0.3, 0.4) is 0 Å². The number of aromatic amines is 1. The first-order chi connectivity index (χ1) is 21.0. The lowest BCUT2D eigenvalue weighted by Gasteiger charge is -2.30. The molecule has 1 saturated heterocycles. The Morgan fingerprint density at radius 2 is 1.91 bits per heavy atom. The predicted molar refractivity (Wildman–Crippen MR) is 164 cm³/mol. The van der Waals surface area contributed by atoms with Gasteiger partial charge in [-0.1, -0.05) is 25.1 Å². The van der Waals surface area contributed by atoms with Crippen LogP contribution in [0, 0.1) is 0 Å². The zero-order chi connectivity index (χ0) is 29.5. The summed E-state index contributed by atoms with van der Waals surface area (Å²) in [6.07, 6.45) is 4.08. The third kappa shape index (κ3) is 5.14. The summed E-state index contributed by atoms with van der Waals surface area (Å²) in [7, 11) is 0. The molecule has 2 aliphatic heterocycles.